The van der Waals surface area contributed by atoms with Crippen LogP contribution in [0, 0.1) is 18.2 Å². The van der Waals surface area contributed by atoms with E-state index in [0.717, 1.165) is 6.07 Å². The van der Waals surface area contributed by atoms with Gasteiger partial charge in [0.25, 0.3) is 0 Å². The molecule has 1 saturated heterocycles. The van der Waals surface area contributed by atoms with Gasteiger partial charge >= 0.3 is 0 Å². The van der Waals surface area contributed by atoms with Gasteiger partial charge in [0, 0.05) is 44.8 Å². The molecule has 1 unspecified atom stereocenters. The summed E-state index contributed by atoms with van der Waals surface area (Å²) in [5.41, 5.74) is -0.504. The van der Waals surface area contributed by atoms with E-state index in [9.17, 15) is 17.6 Å². The number of piperidine rings is 1. The molecule has 1 fully saturated rings. The standard InChI is InChI=1S/C19H23FN4O3S/c1-2-3-10-19(22-23-19)11-9-18(25)24-12-5-7-16(14-24)21-28(26,27)17-8-4-6-15(20)13-17/h1,4,6,8,13,16,21H,3,5,7,9-12,14H2. The number of nitrogens with zero attached hydrogens (tertiary/aromatic N) is 3. The molecule has 0 radical (unpaired) electrons. The predicted octanol–water partition coefficient (Wildman–Crippen LogP) is 2.45. The summed E-state index contributed by atoms with van der Waals surface area (Å²) in [5.74, 6) is 1.89. The van der Waals surface area contributed by atoms with Crippen molar-refractivity contribution in [1.82, 2.24) is 9.62 Å². The van der Waals surface area contributed by atoms with Crippen LogP contribution < -0.4 is 4.72 Å². The first kappa shape index (κ1) is 20.4. The number of hydrogen-bond donors (Lipinski definition) is 1. The third-order valence-corrected chi connectivity index (χ3v) is 6.51. The van der Waals surface area contributed by atoms with Gasteiger partial charge in [0.05, 0.1) is 4.90 Å². The maximum atomic E-state index is 13.3. The molecule has 2 heterocycles. The number of amides is 1. The average molecular weight is 406 g/mol. The van der Waals surface area contributed by atoms with Crippen molar-refractivity contribution in [3.05, 3.63) is 30.1 Å². The van der Waals surface area contributed by atoms with E-state index in [1.54, 1.807) is 4.90 Å². The van der Waals surface area contributed by atoms with Crippen molar-refractivity contribution in [1.29, 1.82) is 0 Å². The Balaban J connectivity index is 1.54. The number of terminal acetylenes is 1. The molecule has 1 aromatic carbocycles. The van der Waals surface area contributed by atoms with Crippen molar-refractivity contribution in [2.45, 2.75) is 55.1 Å². The first-order valence-electron chi connectivity index (χ1n) is 9.27. The average Bonchev–Trinajstić information content (AvgIpc) is 3.45. The molecule has 28 heavy (non-hydrogen) atoms. The topological polar surface area (TPSA) is 91.2 Å². The highest BCUT2D eigenvalue weighted by atomic mass is 32.2. The molecule has 0 aliphatic carbocycles. The van der Waals surface area contributed by atoms with Gasteiger partial charge in [-0.3, -0.25) is 4.79 Å². The zero-order valence-electron chi connectivity index (χ0n) is 15.5. The van der Waals surface area contributed by atoms with Crippen molar-refractivity contribution in [2.24, 2.45) is 10.2 Å². The molecule has 1 amide bonds. The van der Waals surface area contributed by atoms with Crippen LogP contribution in [-0.4, -0.2) is 44.0 Å². The summed E-state index contributed by atoms with van der Waals surface area (Å²) in [6.07, 6.45) is 8.60. The number of sulfonamides is 1. The number of halogens is 1. The summed E-state index contributed by atoms with van der Waals surface area (Å²) in [6.45, 7) is 0.877. The molecule has 0 saturated carbocycles. The fourth-order valence-corrected chi connectivity index (χ4v) is 4.65. The summed E-state index contributed by atoms with van der Waals surface area (Å²) >= 11 is 0. The Morgan fingerprint density at radius 3 is 2.86 bits per heavy atom. The second-order valence-electron chi connectivity index (χ2n) is 7.14. The zero-order valence-corrected chi connectivity index (χ0v) is 16.3. The van der Waals surface area contributed by atoms with Crippen molar-refractivity contribution in [2.75, 3.05) is 13.1 Å². The highest BCUT2D eigenvalue weighted by Crippen LogP contribution is 2.37. The third kappa shape index (κ3) is 5.14. The molecule has 1 atom stereocenters. The van der Waals surface area contributed by atoms with Gasteiger partial charge in [-0.2, -0.15) is 10.2 Å². The van der Waals surface area contributed by atoms with E-state index in [2.05, 4.69) is 20.9 Å². The van der Waals surface area contributed by atoms with Gasteiger partial charge in [0.15, 0.2) is 5.66 Å². The Labute approximate surface area is 164 Å². The van der Waals surface area contributed by atoms with E-state index >= 15 is 0 Å². The second kappa shape index (κ2) is 8.37. The van der Waals surface area contributed by atoms with E-state index < -0.39 is 27.5 Å². The van der Waals surface area contributed by atoms with Crippen LogP contribution in [0.4, 0.5) is 4.39 Å². The lowest BCUT2D eigenvalue weighted by atomic mass is 10.0. The lowest BCUT2D eigenvalue weighted by molar-refractivity contribution is -0.132. The van der Waals surface area contributed by atoms with Gasteiger partial charge in [0.2, 0.25) is 15.9 Å². The quantitative estimate of drug-likeness (QED) is 0.672. The van der Waals surface area contributed by atoms with E-state index in [0.29, 0.717) is 51.6 Å². The number of hydrogen-bond acceptors (Lipinski definition) is 5. The number of likely N-dealkylation sites (tertiary alicyclic amines) is 1. The Hall–Kier alpha value is -2.31. The van der Waals surface area contributed by atoms with Crippen LogP contribution in [0.1, 0.15) is 38.5 Å². The predicted molar refractivity (Wildman–Crippen MR) is 101 cm³/mol. The van der Waals surface area contributed by atoms with Crippen LogP contribution in [0.25, 0.3) is 0 Å². The fraction of sp³-hybridized carbons (Fsp3) is 0.526. The van der Waals surface area contributed by atoms with Gasteiger partial charge in [-0.15, -0.1) is 12.3 Å². The highest BCUT2D eigenvalue weighted by molar-refractivity contribution is 7.89. The van der Waals surface area contributed by atoms with E-state index in [4.69, 9.17) is 6.42 Å². The maximum Gasteiger partial charge on any atom is 0.240 e. The molecule has 0 aromatic heterocycles. The van der Waals surface area contributed by atoms with Crippen molar-refractivity contribution in [3.63, 3.8) is 0 Å². The summed E-state index contributed by atoms with van der Waals surface area (Å²) in [7, 11) is -3.84. The smallest absolute Gasteiger partial charge is 0.240 e. The zero-order chi connectivity index (χ0) is 20.2. The van der Waals surface area contributed by atoms with E-state index in [1.807, 2.05) is 0 Å². The molecule has 1 aromatic rings. The highest BCUT2D eigenvalue weighted by Gasteiger charge is 2.40. The Morgan fingerprint density at radius 2 is 2.18 bits per heavy atom. The van der Waals surface area contributed by atoms with Gasteiger partial charge < -0.3 is 4.90 Å². The summed E-state index contributed by atoms with van der Waals surface area (Å²) in [4.78, 5) is 14.1. The fourth-order valence-electron chi connectivity index (χ4n) is 3.35. The molecule has 2 aliphatic heterocycles. The monoisotopic (exact) mass is 406 g/mol. The van der Waals surface area contributed by atoms with Crippen LogP contribution in [0.3, 0.4) is 0 Å². The van der Waals surface area contributed by atoms with Crippen molar-refractivity contribution >= 4 is 15.9 Å². The first-order chi connectivity index (χ1) is 13.3. The van der Waals surface area contributed by atoms with Gasteiger partial charge in [0.1, 0.15) is 5.82 Å². The van der Waals surface area contributed by atoms with E-state index in [1.165, 1.54) is 18.2 Å². The molecule has 150 valence electrons. The van der Waals surface area contributed by atoms with Crippen molar-refractivity contribution < 1.29 is 17.6 Å². The van der Waals surface area contributed by atoms with Crippen LogP contribution >= 0.6 is 0 Å². The molecule has 2 aliphatic rings. The minimum absolute atomic E-state index is 0.0490. The summed E-state index contributed by atoms with van der Waals surface area (Å²) in [5, 5.41) is 8.06. The molecule has 0 spiro atoms. The van der Waals surface area contributed by atoms with Gasteiger partial charge in [-0.1, -0.05) is 6.07 Å². The van der Waals surface area contributed by atoms with Gasteiger partial charge in [-0.25, -0.2) is 17.5 Å². The number of carbonyl (C=O) groups is 1. The molecule has 0 bridgehead atoms. The molecule has 9 heteroatoms. The second-order valence-corrected chi connectivity index (χ2v) is 8.86. The van der Waals surface area contributed by atoms with Gasteiger partial charge in [-0.05, 0) is 31.0 Å². The molecule has 3 rings (SSSR count). The van der Waals surface area contributed by atoms with Crippen LogP contribution in [-0.2, 0) is 14.8 Å². The number of benzene rings is 1. The lowest BCUT2D eigenvalue weighted by Crippen LogP contribution is -2.49. The normalized spacial score (nSPS) is 20.6. The van der Waals surface area contributed by atoms with E-state index in [-0.39, 0.29) is 10.8 Å². The first-order valence-corrected chi connectivity index (χ1v) is 10.8. The van der Waals surface area contributed by atoms with Crippen LogP contribution in [0.5, 0.6) is 0 Å². The Bertz CT molecular complexity index is 904. The SMILES string of the molecule is C#CCCC1(CCC(=O)N2CCCC(NS(=O)(=O)c3cccc(F)c3)C2)N=N1. The minimum atomic E-state index is -3.84. The number of rotatable bonds is 8. The Kier molecular flexibility index (Phi) is 6.10. The maximum absolute atomic E-state index is 13.3. The van der Waals surface area contributed by atoms with Crippen LogP contribution in [0.15, 0.2) is 39.4 Å². The molecule has 1 N–H and O–H groups in total. The Morgan fingerprint density at radius 1 is 1.39 bits per heavy atom. The molecular weight excluding hydrogens is 383 g/mol. The molecular formula is C19H23FN4O3S. The largest absolute Gasteiger partial charge is 0.341 e. The third-order valence-electron chi connectivity index (χ3n) is 4.99. The van der Waals surface area contributed by atoms with Crippen molar-refractivity contribution in [3.8, 4) is 12.3 Å². The van der Waals surface area contributed by atoms with Crippen LogP contribution in [0.2, 0.25) is 0 Å². The number of nitrogens with one attached hydrogen (secondary N) is 1. The number of carbonyl (C=O) groups excluding carboxylic acids is 1. The minimum Gasteiger partial charge on any atom is -0.341 e. The lowest BCUT2D eigenvalue weighted by Gasteiger charge is -2.33. The summed E-state index contributed by atoms with van der Waals surface area (Å²) < 4.78 is 40.9. The summed E-state index contributed by atoms with van der Waals surface area (Å²) in [6, 6.07) is 4.46. The molecule has 7 nitrogen and oxygen atoms in total.